The second-order valence-electron chi connectivity index (χ2n) is 10.7. The zero-order valence-electron chi connectivity index (χ0n) is 35.5. The van der Waals surface area contributed by atoms with Crippen molar-refractivity contribution in [3.63, 3.8) is 0 Å². The molecule has 6 aromatic carbocycles. The summed E-state index contributed by atoms with van der Waals surface area (Å²) in [6, 6.07) is 50.1. The summed E-state index contributed by atoms with van der Waals surface area (Å²) in [5, 5.41) is 21.3. The van der Waals surface area contributed by atoms with Crippen molar-refractivity contribution in [2.24, 2.45) is 20.5 Å². The van der Waals surface area contributed by atoms with Crippen molar-refractivity contribution in [1.82, 2.24) is 0 Å². The third kappa shape index (κ3) is 33.8. The van der Waals surface area contributed by atoms with Crippen molar-refractivity contribution in [2.75, 3.05) is 28.2 Å². The van der Waals surface area contributed by atoms with Crippen molar-refractivity contribution >= 4 is 32.3 Å². The Morgan fingerprint density at radius 3 is 0.385 bits per heavy atom. The lowest BCUT2D eigenvalue weighted by molar-refractivity contribution is 1.09. The molecule has 0 heterocycles. The molecule has 0 fully saturated rings. The van der Waals surface area contributed by atoms with Gasteiger partial charge >= 0.3 is 0 Å². The Kier molecular flexibility index (Phi) is 48.2. The lowest BCUT2D eigenvalue weighted by atomic mass is 10.1. The first kappa shape index (κ1) is 54.1. The molecule has 6 rings (SSSR count). The smallest absolute Gasteiger partial charge is 0.0487 e. The van der Waals surface area contributed by atoms with E-state index in [9.17, 15) is 0 Å². The minimum absolute atomic E-state index is 1.25. The quantitative estimate of drug-likeness (QED) is 0.141. The number of hydrogen-bond donors (Lipinski definition) is 0. The molecule has 0 saturated heterocycles. The summed E-state index contributed by atoms with van der Waals surface area (Å²) in [6.07, 6.45) is 5.00. The van der Waals surface area contributed by atoms with E-state index in [4.69, 9.17) is 0 Å². The van der Waals surface area contributed by atoms with Crippen LogP contribution >= 0.6 is 0 Å². The molecule has 6 aromatic rings. The molecule has 286 valence electrons. The third-order valence-corrected chi connectivity index (χ3v) is 5.38. The first-order chi connectivity index (χ1) is 25.4. The van der Waals surface area contributed by atoms with Gasteiger partial charge in [-0.15, -0.1) is 0 Å². The van der Waals surface area contributed by atoms with Crippen LogP contribution < -0.4 is 0 Å². The van der Waals surface area contributed by atoms with Crippen LogP contribution in [0.4, 0.5) is 0 Å². The van der Waals surface area contributed by atoms with Crippen molar-refractivity contribution in [3.05, 3.63) is 146 Å². The lowest BCUT2D eigenvalue weighted by Crippen LogP contribution is -1.67. The van der Waals surface area contributed by atoms with Gasteiger partial charge in [-0.05, 0) is 32.3 Å². The molecule has 0 aliphatic heterocycles. The highest BCUT2D eigenvalue weighted by Gasteiger charge is 1.87. The number of nitrogens with zero attached hydrogens (tertiary/aromatic N) is 4. The summed E-state index contributed by atoms with van der Waals surface area (Å²) in [6.45, 7) is 21.0. The van der Waals surface area contributed by atoms with E-state index in [1.54, 1.807) is 28.2 Å². The van der Waals surface area contributed by atoms with Gasteiger partial charge in [-0.25, -0.2) is 0 Å². The number of fused-ring (bicyclic) bond motifs is 3. The topological polar surface area (TPSA) is 49.4 Å². The van der Waals surface area contributed by atoms with E-state index < -0.39 is 0 Å². The van der Waals surface area contributed by atoms with E-state index in [0.717, 1.165) is 0 Å². The van der Waals surface area contributed by atoms with Gasteiger partial charge in [-0.1, -0.05) is 241 Å². The van der Waals surface area contributed by atoms with Crippen LogP contribution in [0, 0.1) is 0 Å². The molecular formula is C48H74N4. The average molecular weight is 707 g/mol. The highest BCUT2D eigenvalue weighted by molar-refractivity contribution is 5.83. The molecule has 0 spiro atoms. The minimum Gasteiger partial charge on any atom is -0.198 e. The third-order valence-electron chi connectivity index (χ3n) is 5.38. The molecule has 0 bridgehead atoms. The van der Waals surface area contributed by atoms with Crippen LogP contribution in [0.5, 0.6) is 0 Å². The maximum Gasteiger partial charge on any atom is 0.0487 e. The van der Waals surface area contributed by atoms with E-state index >= 15 is 0 Å². The van der Waals surface area contributed by atoms with E-state index in [1.807, 2.05) is 13.8 Å². The molecule has 0 radical (unpaired) electrons. The Morgan fingerprint density at radius 2 is 0.327 bits per heavy atom. The predicted molar refractivity (Wildman–Crippen MR) is 240 cm³/mol. The van der Waals surface area contributed by atoms with Crippen LogP contribution in [0.1, 0.15) is 94.9 Å². The molecule has 0 N–H and O–H groups in total. The molecule has 0 aromatic heterocycles. The molecule has 4 nitrogen and oxygen atoms in total. The fraction of sp³-hybridized carbons (Fsp3) is 0.375. The van der Waals surface area contributed by atoms with Gasteiger partial charge in [-0.3, -0.25) is 0 Å². The predicted octanol–water partition coefficient (Wildman–Crippen LogP) is 16.6. The molecule has 0 aliphatic rings. The van der Waals surface area contributed by atoms with Gasteiger partial charge in [0.1, 0.15) is 0 Å². The maximum absolute atomic E-state index is 3.36. The molecule has 0 unspecified atom stereocenters. The number of azo groups is 2. The average Bonchev–Trinajstić information content (AvgIpc) is 3.21. The SMILES string of the molecule is CC.CCC.CCC.CCC.CCC.CN=NC.CN=NC.c1ccc2ccccc2c1.c1ccc2ccccc2c1.c1ccc2ccccc2c1. The van der Waals surface area contributed by atoms with Crippen LogP contribution in [-0.4, -0.2) is 28.2 Å². The standard InChI is InChI=1S/3C10H8.4C3H8.2C2H6N2.C2H6/c3*1-2-6-10-8-4-3-7-9(10)5-1;4*1-3-2;2*1-3-4-2;1-2/h3*1-8H;4*3H2,1-2H3;2*1-2H3;1-2H3. The summed E-state index contributed by atoms with van der Waals surface area (Å²) in [4.78, 5) is 0. The summed E-state index contributed by atoms with van der Waals surface area (Å²) >= 11 is 0. The fourth-order valence-electron chi connectivity index (χ4n) is 3.40. The first-order valence-corrected chi connectivity index (χ1v) is 19.1. The zero-order chi connectivity index (χ0) is 40.1. The van der Waals surface area contributed by atoms with Gasteiger partial charge in [0.15, 0.2) is 0 Å². The second-order valence-corrected chi connectivity index (χ2v) is 10.7. The summed E-state index contributed by atoms with van der Waals surface area (Å²) in [7, 11) is 6.56. The van der Waals surface area contributed by atoms with Crippen LogP contribution in [-0.2, 0) is 0 Å². The Hall–Kier alpha value is -4.70. The molecule has 0 saturated carbocycles. The lowest BCUT2D eigenvalue weighted by Gasteiger charge is -1.92. The molecule has 4 heteroatoms. The Morgan fingerprint density at radius 1 is 0.250 bits per heavy atom. The van der Waals surface area contributed by atoms with E-state index in [0.29, 0.717) is 0 Å². The number of rotatable bonds is 0. The molecule has 0 amide bonds. The van der Waals surface area contributed by atoms with Gasteiger partial charge in [0, 0.05) is 28.2 Å². The highest BCUT2D eigenvalue weighted by Crippen LogP contribution is 2.12. The number of hydrogen-bond acceptors (Lipinski definition) is 4. The summed E-state index contributed by atoms with van der Waals surface area (Å²) < 4.78 is 0. The minimum atomic E-state index is 1.25. The molecular weight excluding hydrogens is 633 g/mol. The van der Waals surface area contributed by atoms with Crippen LogP contribution in [0.15, 0.2) is 166 Å². The largest absolute Gasteiger partial charge is 0.198 e. The summed E-state index contributed by atoms with van der Waals surface area (Å²) in [5.74, 6) is 0. The van der Waals surface area contributed by atoms with Gasteiger partial charge in [0.25, 0.3) is 0 Å². The Balaban J connectivity index is -0.000000263. The maximum atomic E-state index is 3.36. The van der Waals surface area contributed by atoms with Gasteiger partial charge < -0.3 is 0 Å². The molecule has 0 atom stereocenters. The number of benzene rings is 6. The van der Waals surface area contributed by atoms with Gasteiger partial charge in [0.2, 0.25) is 0 Å². The Labute approximate surface area is 320 Å². The fourth-order valence-corrected chi connectivity index (χ4v) is 3.40. The van der Waals surface area contributed by atoms with Crippen molar-refractivity contribution in [2.45, 2.75) is 94.9 Å². The van der Waals surface area contributed by atoms with Crippen LogP contribution in [0.3, 0.4) is 0 Å². The van der Waals surface area contributed by atoms with Crippen LogP contribution in [0.2, 0.25) is 0 Å². The van der Waals surface area contributed by atoms with Crippen molar-refractivity contribution in [3.8, 4) is 0 Å². The first-order valence-electron chi connectivity index (χ1n) is 19.1. The van der Waals surface area contributed by atoms with E-state index in [1.165, 1.54) is 58.0 Å². The van der Waals surface area contributed by atoms with Crippen molar-refractivity contribution < 1.29 is 0 Å². The molecule has 52 heavy (non-hydrogen) atoms. The van der Waals surface area contributed by atoms with Gasteiger partial charge in [0.05, 0.1) is 0 Å². The molecule has 0 aliphatic carbocycles. The Bertz CT molecular complexity index is 1200. The highest BCUT2D eigenvalue weighted by atomic mass is 15.0. The van der Waals surface area contributed by atoms with Crippen molar-refractivity contribution in [1.29, 1.82) is 0 Å². The second kappa shape index (κ2) is 46.3. The summed E-state index contributed by atoms with van der Waals surface area (Å²) in [5.41, 5.74) is 0. The monoisotopic (exact) mass is 707 g/mol. The van der Waals surface area contributed by atoms with E-state index in [-0.39, 0.29) is 0 Å². The van der Waals surface area contributed by atoms with E-state index in [2.05, 4.69) is 221 Å². The van der Waals surface area contributed by atoms with Gasteiger partial charge in [-0.2, -0.15) is 20.5 Å². The normalized spacial score (nSPS) is 8.73. The zero-order valence-corrected chi connectivity index (χ0v) is 35.5. The van der Waals surface area contributed by atoms with Crippen LogP contribution in [0.25, 0.3) is 32.3 Å².